The Balaban J connectivity index is 1.74. The Kier molecular flexibility index (Phi) is 11.2. The number of rotatable bonds is 15. The summed E-state index contributed by atoms with van der Waals surface area (Å²) in [5.41, 5.74) is 2.52. The smallest absolute Gasteiger partial charge is 0.304 e. The summed E-state index contributed by atoms with van der Waals surface area (Å²) in [6.45, 7) is 13.0. The molecule has 1 aromatic heterocycles. The number of nitrogens with zero attached hydrogens (tertiary/aromatic N) is 2. The molecule has 0 saturated heterocycles. The molecule has 7 heteroatoms. The molecule has 1 aliphatic heterocycles. The highest BCUT2D eigenvalue weighted by molar-refractivity contribution is 7.55. The third kappa shape index (κ3) is 10.8. The van der Waals surface area contributed by atoms with Crippen LogP contribution in [0.3, 0.4) is 0 Å². The number of unbranched alkanes of at least 4 members (excludes halogenated alkanes) is 2. The second-order valence-electron chi connectivity index (χ2n) is 9.79. The Morgan fingerprint density at radius 1 is 1.26 bits per heavy atom. The van der Waals surface area contributed by atoms with Crippen molar-refractivity contribution in [2.45, 2.75) is 58.8 Å². The fourth-order valence-corrected chi connectivity index (χ4v) is 4.46. The molecule has 0 unspecified atom stereocenters. The van der Waals surface area contributed by atoms with Gasteiger partial charge in [-0.25, -0.2) is 4.98 Å². The molecule has 0 saturated carbocycles. The van der Waals surface area contributed by atoms with Crippen molar-refractivity contribution in [3.63, 3.8) is 0 Å². The summed E-state index contributed by atoms with van der Waals surface area (Å²) in [4.78, 5) is 18.2. The van der Waals surface area contributed by atoms with Crippen molar-refractivity contribution < 1.29 is 14.6 Å². The number of aromatic nitrogens is 1. The number of carboxylic acid groups (broad SMARTS) is 1. The van der Waals surface area contributed by atoms with Crippen molar-refractivity contribution in [1.82, 2.24) is 9.88 Å². The first-order valence-electron chi connectivity index (χ1n) is 11.6. The Labute approximate surface area is 189 Å². The van der Waals surface area contributed by atoms with Gasteiger partial charge >= 0.3 is 5.97 Å². The zero-order valence-corrected chi connectivity index (χ0v) is 20.8. The fraction of sp³-hybridized carbons (Fsp3) is 0.750. The summed E-state index contributed by atoms with van der Waals surface area (Å²) in [5, 5.41) is 12.5. The molecule has 2 N–H and O–H groups in total. The second-order valence-corrected chi connectivity index (χ2v) is 12.2. The van der Waals surface area contributed by atoms with E-state index in [0.717, 1.165) is 70.5 Å². The van der Waals surface area contributed by atoms with Crippen LogP contribution < -0.4 is 5.32 Å². The molecule has 0 spiro atoms. The zero-order chi connectivity index (χ0) is 22.7. The van der Waals surface area contributed by atoms with Crippen LogP contribution in [-0.4, -0.2) is 73.4 Å². The Morgan fingerprint density at radius 2 is 2.06 bits per heavy atom. The van der Waals surface area contributed by atoms with E-state index in [0.29, 0.717) is 6.54 Å². The number of carboxylic acids is 1. The number of anilines is 1. The van der Waals surface area contributed by atoms with Crippen molar-refractivity contribution in [3.8, 4) is 0 Å². The largest absolute Gasteiger partial charge is 0.481 e. The van der Waals surface area contributed by atoms with Gasteiger partial charge in [-0.3, -0.25) is 4.79 Å². The molecule has 0 amide bonds. The van der Waals surface area contributed by atoms with Gasteiger partial charge < -0.3 is 20.1 Å². The van der Waals surface area contributed by atoms with Crippen molar-refractivity contribution >= 4 is 19.7 Å². The normalized spacial score (nSPS) is 14.0. The topological polar surface area (TPSA) is 74.7 Å². The molecule has 0 bridgehead atoms. The van der Waals surface area contributed by atoms with Gasteiger partial charge in [0.05, 0.1) is 19.4 Å². The third-order valence-electron chi connectivity index (χ3n) is 5.49. The predicted octanol–water partition coefficient (Wildman–Crippen LogP) is 4.67. The zero-order valence-electron chi connectivity index (χ0n) is 20.0. The van der Waals surface area contributed by atoms with E-state index >= 15 is 0 Å². The lowest BCUT2D eigenvalue weighted by atomic mass is 9.93. The van der Waals surface area contributed by atoms with Crippen molar-refractivity contribution in [3.05, 3.63) is 23.4 Å². The van der Waals surface area contributed by atoms with Crippen LogP contribution in [0.25, 0.3) is 0 Å². The highest BCUT2D eigenvalue weighted by Crippen LogP contribution is 2.26. The second kappa shape index (κ2) is 13.3. The molecule has 6 nitrogen and oxygen atoms in total. The molecule has 0 atom stereocenters. The van der Waals surface area contributed by atoms with E-state index in [2.05, 4.69) is 49.5 Å². The van der Waals surface area contributed by atoms with Crippen LogP contribution in [0.5, 0.6) is 0 Å². The first-order chi connectivity index (χ1) is 14.7. The molecule has 1 aliphatic rings. The first kappa shape index (κ1) is 26.0. The molecule has 0 fully saturated rings. The monoisotopic (exact) mass is 451 g/mol. The lowest BCUT2D eigenvalue weighted by Gasteiger charge is -2.32. The van der Waals surface area contributed by atoms with Crippen molar-refractivity contribution in [2.75, 3.05) is 57.8 Å². The molecule has 176 valence electrons. The highest BCUT2D eigenvalue weighted by Gasteiger charge is 2.23. The average molecular weight is 452 g/mol. The first-order valence-corrected chi connectivity index (χ1v) is 14.1. The number of aryl methyl sites for hydroxylation is 2. The summed E-state index contributed by atoms with van der Waals surface area (Å²) in [7, 11) is -0.0479. The molecular weight excluding hydrogens is 409 g/mol. The number of hydrogen-bond donors (Lipinski definition) is 2. The van der Waals surface area contributed by atoms with Crippen molar-refractivity contribution in [1.29, 1.82) is 0 Å². The number of fused-ring (bicyclic) bond motifs is 1. The van der Waals surface area contributed by atoms with Gasteiger partial charge in [0.2, 0.25) is 0 Å². The molecular formula is C24H42N3O3P. The van der Waals surface area contributed by atoms with E-state index in [9.17, 15) is 4.79 Å². The maximum atomic E-state index is 11.1. The summed E-state index contributed by atoms with van der Waals surface area (Å²) in [6, 6.07) is 4.40. The van der Waals surface area contributed by atoms with Crippen LogP contribution in [0.2, 0.25) is 0 Å². The number of ether oxygens (including phenoxy) is 1. The summed E-state index contributed by atoms with van der Waals surface area (Å²) >= 11 is 0. The predicted molar refractivity (Wildman–Crippen MR) is 131 cm³/mol. The minimum atomic E-state index is -0.728. The van der Waals surface area contributed by atoms with Gasteiger partial charge in [0.1, 0.15) is 5.82 Å². The lowest BCUT2D eigenvalue weighted by molar-refractivity contribution is -0.137. The number of nitrogens with one attached hydrogen (secondary N) is 1. The molecule has 2 rings (SSSR count). The van der Waals surface area contributed by atoms with E-state index in [-0.39, 0.29) is 19.8 Å². The van der Waals surface area contributed by atoms with Gasteiger partial charge in [-0.05, 0) is 63.6 Å². The summed E-state index contributed by atoms with van der Waals surface area (Å²) in [6.07, 6.45) is 7.66. The van der Waals surface area contributed by atoms with Crippen LogP contribution in [-0.2, 0) is 22.4 Å². The lowest BCUT2D eigenvalue weighted by Crippen LogP contribution is -2.38. The molecule has 0 radical (unpaired) electrons. The van der Waals surface area contributed by atoms with Crippen LogP contribution in [0.4, 0.5) is 5.82 Å². The quantitative estimate of drug-likeness (QED) is 0.298. The minimum Gasteiger partial charge on any atom is -0.481 e. The Hall–Kier alpha value is -1.23. The van der Waals surface area contributed by atoms with Gasteiger partial charge in [0.15, 0.2) is 0 Å². The van der Waals surface area contributed by atoms with Crippen LogP contribution in [0.1, 0.15) is 57.2 Å². The standard InChI is InChI=1S/C24H42N3O3P/c1-24(2,18-30-19-31(3)4)17-27(16-13-22(28)29)15-7-5-6-10-21-12-11-20-9-8-14-25-23(20)26-21/h11-12H,5-10,13-19H2,1-4H3,(H,25,26)(H,28,29). The Bertz CT molecular complexity index is 682. The SMILES string of the molecule is CP(C)COCC(C)(C)CN(CCCCCc1ccc2c(n1)NCCC2)CCC(=O)O. The fourth-order valence-electron chi connectivity index (χ4n) is 4.01. The van der Waals surface area contributed by atoms with Crippen molar-refractivity contribution in [2.24, 2.45) is 5.41 Å². The van der Waals surface area contributed by atoms with E-state index in [1.807, 2.05) is 0 Å². The number of hydrogen-bond acceptors (Lipinski definition) is 5. The maximum Gasteiger partial charge on any atom is 0.304 e. The van der Waals surface area contributed by atoms with E-state index < -0.39 is 5.97 Å². The number of pyridine rings is 1. The van der Waals surface area contributed by atoms with Gasteiger partial charge in [-0.2, -0.15) is 0 Å². The highest BCUT2D eigenvalue weighted by atomic mass is 31.1. The van der Waals surface area contributed by atoms with E-state index in [1.165, 1.54) is 17.7 Å². The van der Waals surface area contributed by atoms with E-state index in [1.54, 1.807) is 0 Å². The van der Waals surface area contributed by atoms with Crippen LogP contribution >= 0.6 is 7.92 Å². The average Bonchev–Trinajstić information content (AvgIpc) is 2.70. The van der Waals surface area contributed by atoms with Gasteiger partial charge in [-0.15, -0.1) is 0 Å². The number of aliphatic carboxylic acids is 1. The van der Waals surface area contributed by atoms with Gasteiger partial charge in [-0.1, -0.05) is 34.3 Å². The molecule has 31 heavy (non-hydrogen) atoms. The summed E-state index contributed by atoms with van der Waals surface area (Å²) < 4.78 is 5.89. The van der Waals surface area contributed by atoms with Gasteiger partial charge in [0, 0.05) is 30.7 Å². The van der Waals surface area contributed by atoms with Gasteiger partial charge in [0.25, 0.3) is 0 Å². The maximum absolute atomic E-state index is 11.1. The summed E-state index contributed by atoms with van der Waals surface area (Å²) in [5.74, 6) is 0.348. The molecule has 1 aromatic rings. The molecule has 0 aliphatic carbocycles. The molecule has 0 aromatic carbocycles. The Morgan fingerprint density at radius 3 is 2.81 bits per heavy atom. The van der Waals surface area contributed by atoms with Crippen LogP contribution in [0, 0.1) is 5.41 Å². The number of carbonyl (C=O) groups is 1. The van der Waals surface area contributed by atoms with Crippen LogP contribution in [0.15, 0.2) is 12.1 Å². The third-order valence-corrected chi connectivity index (χ3v) is 6.19. The molecule has 2 heterocycles. The minimum absolute atomic E-state index is 0.0178. The van der Waals surface area contributed by atoms with E-state index in [4.69, 9.17) is 14.8 Å².